The molecule has 0 aliphatic carbocycles. The van der Waals surface area contributed by atoms with Crippen LogP contribution in [0.1, 0.15) is 18.2 Å². The molecular weight excluding hydrogens is 227 g/mol. The zero-order valence-corrected chi connectivity index (χ0v) is 9.90. The van der Waals surface area contributed by atoms with Crippen molar-refractivity contribution >= 4 is 28.2 Å². The number of hydrogen-bond donors (Lipinski definition) is 1. The number of nitrogens with two attached hydrogens (primary N) is 1. The number of hydrogen-bond acceptors (Lipinski definition) is 2. The lowest BCUT2D eigenvalue weighted by atomic mass is 10.1. The van der Waals surface area contributed by atoms with E-state index in [1.54, 1.807) is 0 Å². The first-order valence-corrected chi connectivity index (χ1v) is 5.46. The van der Waals surface area contributed by atoms with Crippen LogP contribution in [0.25, 0.3) is 10.9 Å². The highest BCUT2D eigenvalue weighted by atomic mass is 35.5. The third-order valence-corrected chi connectivity index (χ3v) is 3.02. The predicted molar refractivity (Wildman–Crippen MR) is 65.2 cm³/mol. The van der Waals surface area contributed by atoms with Crippen LogP contribution >= 0.6 is 11.6 Å². The van der Waals surface area contributed by atoms with Crippen molar-refractivity contribution in [1.29, 1.82) is 0 Å². The Bertz CT molecular complexity index is 567. The highest BCUT2D eigenvalue weighted by Crippen LogP contribution is 2.30. The molecule has 1 heterocycles. The van der Waals surface area contributed by atoms with E-state index >= 15 is 0 Å². The summed E-state index contributed by atoms with van der Waals surface area (Å²) in [6.45, 7) is 3.89. The standard InChI is InChI=1S/C12H12ClFN2/c1-3-10-6(2)11(15)8-4-7(14)5-9(13)12(8)16-10/h4-5H,3H2,1-2H3,(H2,15,16). The van der Waals surface area contributed by atoms with Crippen LogP contribution in [0, 0.1) is 12.7 Å². The maximum atomic E-state index is 13.2. The van der Waals surface area contributed by atoms with Crippen molar-refractivity contribution in [3.8, 4) is 0 Å². The van der Waals surface area contributed by atoms with Crippen molar-refractivity contribution in [3.05, 3.63) is 34.2 Å². The van der Waals surface area contributed by atoms with Gasteiger partial charge in [0.2, 0.25) is 0 Å². The van der Waals surface area contributed by atoms with Gasteiger partial charge in [-0.25, -0.2) is 4.39 Å². The lowest BCUT2D eigenvalue weighted by Gasteiger charge is -2.11. The summed E-state index contributed by atoms with van der Waals surface area (Å²) < 4.78 is 13.2. The summed E-state index contributed by atoms with van der Waals surface area (Å²) >= 11 is 5.96. The average molecular weight is 239 g/mol. The number of benzene rings is 1. The van der Waals surface area contributed by atoms with Crippen molar-refractivity contribution in [2.45, 2.75) is 20.3 Å². The fraction of sp³-hybridized carbons (Fsp3) is 0.250. The minimum atomic E-state index is -0.394. The fourth-order valence-electron chi connectivity index (χ4n) is 1.81. The van der Waals surface area contributed by atoms with Crippen LogP contribution in [0.2, 0.25) is 5.02 Å². The molecule has 0 atom stereocenters. The van der Waals surface area contributed by atoms with E-state index in [-0.39, 0.29) is 0 Å². The first-order chi connectivity index (χ1) is 7.54. The van der Waals surface area contributed by atoms with Crippen molar-refractivity contribution < 1.29 is 4.39 Å². The van der Waals surface area contributed by atoms with Gasteiger partial charge in [0.05, 0.1) is 10.5 Å². The van der Waals surface area contributed by atoms with Gasteiger partial charge in [0, 0.05) is 16.8 Å². The normalized spacial score (nSPS) is 11.0. The second kappa shape index (κ2) is 3.91. The van der Waals surface area contributed by atoms with E-state index in [1.165, 1.54) is 12.1 Å². The van der Waals surface area contributed by atoms with Crippen molar-refractivity contribution in [2.24, 2.45) is 0 Å². The molecular formula is C12H12ClFN2. The number of aryl methyl sites for hydroxylation is 1. The first kappa shape index (κ1) is 11.1. The molecule has 0 fully saturated rings. The summed E-state index contributed by atoms with van der Waals surface area (Å²) in [4.78, 5) is 4.42. The molecule has 0 radical (unpaired) electrons. The number of rotatable bonds is 1. The van der Waals surface area contributed by atoms with Gasteiger partial charge in [-0.2, -0.15) is 0 Å². The summed E-state index contributed by atoms with van der Waals surface area (Å²) in [6.07, 6.45) is 0.777. The largest absolute Gasteiger partial charge is 0.398 e. The predicted octanol–water partition coefficient (Wildman–Crippen LogP) is 3.48. The fourth-order valence-corrected chi connectivity index (χ4v) is 2.05. The van der Waals surface area contributed by atoms with Crippen molar-refractivity contribution in [2.75, 3.05) is 5.73 Å². The molecule has 2 N–H and O–H groups in total. The smallest absolute Gasteiger partial charge is 0.125 e. The zero-order valence-electron chi connectivity index (χ0n) is 9.14. The number of pyridine rings is 1. The maximum Gasteiger partial charge on any atom is 0.125 e. The van der Waals surface area contributed by atoms with Crippen LogP contribution in [-0.2, 0) is 6.42 Å². The van der Waals surface area contributed by atoms with E-state index in [9.17, 15) is 4.39 Å². The highest BCUT2D eigenvalue weighted by Gasteiger charge is 2.11. The Morgan fingerprint density at radius 3 is 2.75 bits per heavy atom. The Balaban J connectivity index is 2.92. The molecule has 16 heavy (non-hydrogen) atoms. The number of fused-ring (bicyclic) bond motifs is 1. The van der Waals surface area contributed by atoms with Gasteiger partial charge < -0.3 is 5.73 Å². The summed E-state index contributed by atoms with van der Waals surface area (Å²) in [5.41, 5.74) is 8.90. The van der Waals surface area contributed by atoms with Gasteiger partial charge in [0.15, 0.2) is 0 Å². The molecule has 2 rings (SSSR count). The molecule has 0 saturated carbocycles. The number of aromatic nitrogens is 1. The van der Waals surface area contributed by atoms with E-state index in [2.05, 4.69) is 4.98 Å². The molecule has 84 valence electrons. The SMILES string of the molecule is CCc1nc2c(Cl)cc(F)cc2c(N)c1C. The van der Waals surface area contributed by atoms with Crippen LogP contribution in [0.3, 0.4) is 0 Å². The quantitative estimate of drug-likeness (QED) is 0.826. The summed E-state index contributed by atoms with van der Waals surface area (Å²) in [7, 11) is 0. The Hall–Kier alpha value is -1.35. The molecule has 0 unspecified atom stereocenters. The second-order valence-electron chi connectivity index (χ2n) is 3.73. The molecule has 2 nitrogen and oxygen atoms in total. The number of nitrogens with zero attached hydrogens (tertiary/aromatic N) is 1. The monoisotopic (exact) mass is 238 g/mol. The number of halogens is 2. The Kier molecular flexibility index (Phi) is 2.72. The van der Waals surface area contributed by atoms with E-state index in [0.717, 1.165) is 17.7 Å². The van der Waals surface area contributed by atoms with Gasteiger partial charge in [0.25, 0.3) is 0 Å². The second-order valence-corrected chi connectivity index (χ2v) is 4.14. The van der Waals surface area contributed by atoms with Gasteiger partial charge in [-0.1, -0.05) is 18.5 Å². The molecule has 0 saturated heterocycles. The minimum absolute atomic E-state index is 0.302. The summed E-state index contributed by atoms with van der Waals surface area (Å²) in [5.74, 6) is -0.394. The van der Waals surface area contributed by atoms with Crippen LogP contribution in [0.5, 0.6) is 0 Å². The van der Waals surface area contributed by atoms with E-state index < -0.39 is 5.82 Å². The van der Waals surface area contributed by atoms with E-state index in [1.807, 2.05) is 13.8 Å². The Labute approximate surface area is 98.2 Å². The average Bonchev–Trinajstić information content (AvgIpc) is 2.24. The summed E-state index contributed by atoms with van der Waals surface area (Å²) in [5, 5.41) is 0.885. The van der Waals surface area contributed by atoms with Gasteiger partial charge in [-0.05, 0) is 31.0 Å². The molecule has 1 aromatic carbocycles. The third-order valence-electron chi connectivity index (χ3n) is 2.74. The first-order valence-electron chi connectivity index (χ1n) is 5.08. The van der Waals surface area contributed by atoms with Crippen LogP contribution in [0.4, 0.5) is 10.1 Å². The Morgan fingerprint density at radius 2 is 2.12 bits per heavy atom. The Morgan fingerprint density at radius 1 is 1.44 bits per heavy atom. The molecule has 0 aliphatic rings. The molecule has 4 heteroatoms. The lowest BCUT2D eigenvalue weighted by molar-refractivity contribution is 0.629. The van der Waals surface area contributed by atoms with Gasteiger partial charge in [-0.3, -0.25) is 4.98 Å². The van der Waals surface area contributed by atoms with Crippen molar-refractivity contribution in [3.63, 3.8) is 0 Å². The van der Waals surface area contributed by atoms with Gasteiger partial charge in [0.1, 0.15) is 5.82 Å². The molecule has 2 aromatic rings. The van der Waals surface area contributed by atoms with E-state index in [4.69, 9.17) is 17.3 Å². The highest BCUT2D eigenvalue weighted by molar-refractivity contribution is 6.35. The number of anilines is 1. The maximum absolute atomic E-state index is 13.2. The molecule has 0 aliphatic heterocycles. The molecule has 0 amide bonds. The minimum Gasteiger partial charge on any atom is -0.398 e. The molecule has 1 aromatic heterocycles. The number of nitrogen functional groups attached to an aromatic ring is 1. The summed E-state index contributed by atoms with van der Waals surface area (Å²) in [6, 6.07) is 2.63. The van der Waals surface area contributed by atoms with Crippen LogP contribution in [0.15, 0.2) is 12.1 Å². The van der Waals surface area contributed by atoms with E-state index in [0.29, 0.717) is 21.6 Å². The third kappa shape index (κ3) is 1.61. The lowest BCUT2D eigenvalue weighted by Crippen LogP contribution is -2.00. The van der Waals surface area contributed by atoms with Gasteiger partial charge >= 0.3 is 0 Å². The van der Waals surface area contributed by atoms with Crippen LogP contribution < -0.4 is 5.73 Å². The van der Waals surface area contributed by atoms with Crippen molar-refractivity contribution in [1.82, 2.24) is 4.98 Å². The zero-order chi connectivity index (χ0) is 11.9. The van der Waals surface area contributed by atoms with Crippen LogP contribution in [-0.4, -0.2) is 4.98 Å². The molecule has 0 bridgehead atoms. The topological polar surface area (TPSA) is 38.9 Å². The molecule has 0 spiro atoms. The van der Waals surface area contributed by atoms with Gasteiger partial charge in [-0.15, -0.1) is 0 Å².